The van der Waals surface area contributed by atoms with E-state index in [9.17, 15) is 4.79 Å². The SMILES string of the molecule is O=C/C=C/CSc1ccc(Cl)cc1. The highest BCUT2D eigenvalue weighted by Crippen LogP contribution is 2.19. The number of benzene rings is 1. The van der Waals surface area contributed by atoms with Crippen LogP contribution in [-0.2, 0) is 4.79 Å². The molecule has 1 aromatic rings. The molecule has 0 heterocycles. The first-order valence-electron chi connectivity index (χ1n) is 3.81. The number of hydrogen-bond donors (Lipinski definition) is 0. The van der Waals surface area contributed by atoms with Crippen LogP contribution >= 0.6 is 23.4 Å². The number of carbonyl (C=O) groups excluding carboxylic acids is 1. The van der Waals surface area contributed by atoms with Crippen LogP contribution in [0, 0.1) is 0 Å². The molecule has 0 N–H and O–H groups in total. The third kappa shape index (κ3) is 4.15. The van der Waals surface area contributed by atoms with Gasteiger partial charge < -0.3 is 0 Å². The average Bonchev–Trinajstić information content (AvgIpc) is 2.15. The van der Waals surface area contributed by atoms with E-state index < -0.39 is 0 Å². The summed E-state index contributed by atoms with van der Waals surface area (Å²) in [5, 5.41) is 0.743. The van der Waals surface area contributed by atoms with E-state index in [1.807, 2.05) is 30.3 Å². The lowest BCUT2D eigenvalue weighted by Gasteiger charge is -1.96. The second-order valence-corrected chi connectivity index (χ2v) is 3.86. The van der Waals surface area contributed by atoms with Crippen LogP contribution in [0.3, 0.4) is 0 Å². The standard InChI is InChI=1S/C10H9ClOS/c11-9-3-5-10(6-4-9)13-8-2-1-7-12/h1-7H,8H2/b2-1+. The molecule has 0 radical (unpaired) electrons. The smallest absolute Gasteiger partial charge is 0.142 e. The minimum Gasteiger partial charge on any atom is -0.299 e. The van der Waals surface area contributed by atoms with Crippen LogP contribution in [0.25, 0.3) is 0 Å². The number of carbonyl (C=O) groups is 1. The highest BCUT2D eigenvalue weighted by atomic mass is 35.5. The molecule has 1 rings (SSSR count). The minimum atomic E-state index is 0.743. The Bertz CT molecular complexity index is 292. The van der Waals surface area contributed by atoms with Crippen LogP contribution in [0.1, 0.15) is 0 Å². The molecule has 0 saturated carbocycles. The van der Waals surface area contributed by atoms with E-state index in [2.05, 4.69) is 0 Å². The van der Waals surface area contributed by atoms with Gasteiger partial charge in [0.1, 0.15) is 6.29 Å². The molecule has 0 spiro atoms. The van der Waals surface area contributed by atoms with E-state index in [0.717, 1.165) is 22.0 Å². The van der Waals surface area contributed by atoms with Crippen molar-refractivity contribution in [3.63, 3.8) is 0 Å². The van der Waals surface area contributed by atoms with Gasteiger partial charge in [-0.15, -0.1) is 11.8 Å². The van der Waals surface area contributed by atoms with Crippen LogP contribution < -0.4 is 0 Å². The zero-order valence-electron chi connectivity index (χ0n) is 6.94. The number of aldehydes is 1. The van der Waals surface area contributed by atoms with Crippen molar-refractivity contribution in [2.45, 2.75) is 4.90 Å². The monoisotopic (exact) mass is 212 g/mol. The lowest BCUT2D eigenvalue weighted by Crippen LogP contribution is -1.73. The predicted octanol–water partition coefficient (Wildman–Crippen LogP) is 3.19. The van der Waals surface area contributed by atoms with E-state index in [-0.39, 0.29) is 0 Å². The minimum absolute atomic E-state index is 0.743. The van der Waals surface area contributed by atoms with E-state index >= 15 is 0 Å². The fraction of sp³-hybridized carbons (Fsp3) is 0.100. The predicted molar refractivity (Wildman–Crippen MR) is 57.4 cm³/mol. The summed E-state index contributed by atoms with van der Waals surface area (Å²) >= 11 is 7.39. The first-order valence-corrected chi connectivity index (χ1v) is 5.18. The Hall–Kier alpha value is -0.730. The summed E-state index contributed by atoms with van der Waals surface area (Å²) in [6.07, 6.45) is 4.11. The van der Waals surface area contributed by atoms with Gasteiger partial charge in [-0.2, -0.15) is 0 Å². The zero-order chi connectivity index (χ0) is 9.52. The first-order chi connectivity index (χ1) is 6.33. The molecule has 1 nitrogen and oxygen atoms in total. The van der Waals surface area contributed by atoms with Crippen LogP contribution in [0.15, 0.2) is 41.3 Å². The summed E-state index contributed by atoms with van der Waals surface area (Å²) in [4.78, 5) is 11.1. The molecule has 0 unspecified atom stereocenters. The van der Waals surface area contributed by atoms with Gasteiger partial charge in [0.15, 0.2) is 0 Å². The van der Waals surface area contributed by atoms with Crippen molar-refractivity contribution in [1.29, 1.82) is 0 Å². The van der Waals surface area contributed by atoms with Crippen molar-refractivity contribution in [3.05, 3.63) is 41.4 Å². The molecule has 0 atom stereocenters. The molecule has 0 aliphatic rings. The maximum Gasteiger partial charge on any atom is 0.142 e. The van der Waals surface area contributed by atoms with Crippen molar-refractivity contribution >= 4 is 29.6 Å². The summed E-state index contributed by atoms with van der Waals surface area (Å²) in [7, 11) is 0. The summed E-state index contributed by atoms with van der Waals surface area (Å²) in [5.74, 6) is 0.806. The van der Waals surface area contributed by atoms with Crippen molar-refractivity contribution in [1.82, 2.24) is 0 Å². The Morgan fingerprint density at radius 2 is 2.00 bits per heavy atom. The van der Waals surface area contributed by atoms with Gasteiger partial charge in [-0.05, 0) is 30.3 Å². The maximum absolute atomic E-state index is 9.95. The van der Waals surface area contributed by atoms with Gasteiger partial charge in [0, 0.05) is 15.7 Å². The Balaban J connectivity index is 2.41. The number of hydrogen-bond acceptors (Lipinski definition) is 2. The normalized spacial score (nSPS) is 10.5. The van der Waals surface area contributed by atoms with Gasteiger partial charge in [-0.1, -0.05) is 17.7 Å². The van der Waals surface area contributed by atoms with Crippen LogP contribution in [0.5, 0.6) is 0 Å². The molecule has 0 aliphatic carbocycles. The van der Waals surface area contributed by atoms with Gasteiger partial charge in [0.05, 0.1) is 0 Å². The van der Waals surface area contributed by atoms with Crippen molar-refractivity contribution in [2.75, 3.05) is 5.75 Å². The van der Waals surface area contributed by atoms with Crippen molar-refractivity contribution in [2.24, 2.45) is 0 Å². The fourth-order valence-corrected chi connectivity index (χ4v) is 1.64. The Morgan fingerprint density at radius 1 is 1.31 bits per heavy atom. The van der Waals surface area contributed by atoms with Gasteiger partial charge in [0.25, 0.3) is 0 Å². The third-order valence-corrected chi connectivity index (χ3v) is 2.59. The number of allylic oxidation sites excluding steroid dienone is 1. The van der Waals surface area contributed by atoms with Crippen LogP contribution in [0.2, 0.25) is 5.02 Å². The topological polar surface area (TPSA) is 17.1 Å². The van der Waals surface area contributed by atoms with E-state index in [1.165, 1.54) is 6.08 Å². The van der Waals surface area contributed by atoms with Gasteiger partial charge in [-0.3, -0.25) is 4.79 Å². The number of rotatable bonds is 4. The second-order valence-electron chi connectivity index (χ2n) is 2.33. The lowest BCUT2D eigenvalue weighted by molar-refractivity contribution is -0.104. The van der Waals surface area contributed by atoms with Crippen LogP contribution in [0.4, 0.5) is 0 Å². The highest BCUT2D eigenvalue weighted by molar-refractivity contribution is 7.99. The molecule has 0 bridgehead atoms. The zero-order valence-corrected chi connectivity index (χ0v) is 8.52. The van der Waals surface area contributed by atoms with E-state index in [4.69, 9.17) is 11.6 Å². The molecule has 0 aromatic heterocycles. The molecule has 13 heavy (non-hydrogen) atoms. The van der Waals surface area contributed by atoms with Gasteiger partial charge in [0.2, 0.25) is 0 Å². The Labute approximate surface area is 86.8 Å². The molecule has 68 valence electrons. The lowest BCUT2D eigenvalue weighted by atomic mass is 10.4. The van der Waals surface area contributed by atoms with Crippen molar-refractivity contribution < 1.29 is 4.79 Å². The highest BCUT2D eigenvalue weighted by Gasteiger charge is 1.91. The van der Waals surface area contributed by atoms with E-state index in [1.54, 1.807) is 11.8 Å². The Morgan fingerprint density at radius 3 is 2.62 bits per heavy atom. The first kappa shape index (κ1) is 10.4. The maximum atomic E-state index is 9.95. The van der Waals surface area contributed by atoms with Gasteiger partial charge >= 0.3 is 0 Å². The third-order valence-electron chi connectivity index (χ3n) is 1.37. The van der Waals surface area contributed by atoms with E-state index in [0.29, 0.717) is 0 Å². The molecular weight excluding hydrogens is 204 g/mol. The molecule has 1 aromatic carbocycles. The average molecular weight is 213 g/mol. The molecular formula is C10H9ClOS. The number of thioether (sulfide) groups is 1. The quantitative estimate of drug-likeness (QED) is 0.433. The van der Waals surface area contributed by atoms with Gasteiger partial charge in [-0.25, -0.2) is 0 Å². The Kier molecular flexibility index (Phi) is 4.65. The molecule has 0 saturated heterocycles. The van der Waals surface area contributed by atoms with Crippen LogP contribution in [-0.4, -0.2) is 12.0 Å². The molecule has 0 amide bonds. The molecule has 3 heteroatoms. The molecule has 0 fully saturated rings. The summed E-state index contributed by atoms with van der Waals surface area (Å²) < 4.78 is 0. The second kappa shape index (κ2) is 5.84. The summed E-state index contributed by atoms with van der Waals surface area (Å²) in [5.41, 5.74) is 0. The van der Waals surface area contributed by atoms with Crippen molar-refractivity contribution in [3.8, 4) is 0 Å². The largest absolute Gasteiger partial charge is 0.299 e. The number of halogens is 1. The fourth-order valence-electron chi connectivity index (χ4n) is 0.786. The summed E-state index contributed by atoms with van der Waals surface area (Å²) in [6.45, 7) is 0. The molecule has 0 aliphatic heterocycles. The summed E-state index contributed by atoms with van der Waals surface area (Å²) in [6, 6.07) is 7.63.